The van der Waals surface area contributed by atoms with E-state index in [1.54, 1.807) is 10.9 Å². The van der Waals surface area contributed by atoms with Gasteiger partial charge in [-0.15, -0.1) is 0 Å². The van der Waals surface area contributed by atoms with E-state index in [1.807, 2.05) is 39.1 Å². The molecule has 0 radical (unpaired) electrons. The predicted octanol–water partition coefficient (Wildman–Crippen LogP) is 2.81. The van der Waals surface area contributed by atoms with Gasteiger partial charge < -0.3 is 10.6 Å². The van der Waals surface area contributed by atoms with E-state index in [2.05, 4.69) is 26.7 Å². The zero-order valence-electron chi connectivity index (χ0n) is 16.9. The molecule has 0 spiro atoms. The fourth-order valence-corrected chi connectivity index (χ4v) is 3.65. The van der Waals surface area contributed by atoms with Crippen molar-refractivity contribution in [3.05, 3.63) is 41.7 Å². The number of amides is 2. The van der Waals surface area contributed by atoms with Gasteiger partial charge >= 0.3 is 0 Å². The average Bonchev–Trinajstić information content (AvgIpc) is 3.09. The van der Waals surface area contributed by atoms with Gasteiger partial charge in [-0.2, -0.15) is 5.10 Å². The molecule has 7 nitrogen and oxygen atoms in total. The van der Waals surface area contributed by atoms with Gasteiger partial charge in [0.2, 0.25) is 11.8 Å². The summed E-state index contributed by atoms with van der Waals surface area (Å²) in [5, 5.41) is 10.1. The highest BCUT2D eigenvalue weighted by Crippen LogP contribution is 2.20. The van der Waals surface area contributed by atoms with Crippen LogP contribution in [0.2, 0.25) is 0 Å². The number of benzene rings is 1. The highest BCUT2D eigenvalue weighted by molar-refractivity contribution is 5.93. The molecule has 150 valence electrons. The maximum atomic E-state index is 12.5. The van der Waals surface area contributed by atoms with E-state index in [0.717, 1.165) is 55.0 Å². The third-order valence-electron chi connectivity index (χ3n) is 5.06. The molecule has 7 heteroatoms. The molecule has 2 N–H and O–H groups in total. The Hall–Kier alpha value is -2.67. The number of hydrogen-bond acceptors (Lipinski definition) is 4. The van der Waals surface area contributed by atoms with Gasteiger partial charge in [-0.05, 0) is 70.0 Å². The molecule has 1 fully saturated rings. The minimum absolute atomic E-state index is 0.0140. The van der Waals surface area contributed by atoms with E-state index in [0.29, 0.717) is 6.54 Å². The molecule has 0 atom stereocenters. The summed E-state index contributed by atoms with van der Waals surface area (Å²) in [5.74, 6) is -0.00131. The van der Waals surface area contributed by atoms with Crippen LogP contribution >= 0.6 is 0 Å². The van der Waals surface area contributed by atoms with Crippen LogP contribution in [0.15, 0.2) is 30.6 Å². The highest BCUT2D eigenvalue weighted by atomic mass is 16.2. The first kappa shape index (κ1) is 20.1. The molecule has 0 unspecified atom stereocenters. The van der Waals surface area contributed by atoms with E-state index in [-0.39, 0.29) is 17.7 Å². The lowest BCUT2D eigenvalue weighted by atomic mass is 9.96. The number of anilines is 2. The van der Waals surface area contributed by atoms with E-state index in [9.17, 15) is 9.59 Å². The van der Waals surface area contributed by atoms with Gasteiger partial charge in [0, 0.05) is 24.3 Å². The van der Waals surface area contributed by atoms with Crippen LogP contribution in [-0.2, 0) is 16.1 Å². The summed E-state index contributed by atoms with van der Waals surface area (Å²) >= 11 is 0. The molecule has 28 heavy (non-hydrogen) atoms. The maximum absolute atomic E-state index is 12.5. The summed E-state index contributed by atoms with van der Waals surface area (Å²) < 4.78 is 1.78. The van der Waals surface area contributed by atoms with Crippen molar-refractivity contribution >= 4 is 23.2 Å². The van der Waals surface area contributed by atoms with Gasteiger partial charge in [-0.1, -0.05) is 6.07 Å². The number of rotatable bonds is 6. The van der Waals surface area contributed by atoms with Crippen LogP contribution < -0.4 is 10.6 Å². The Labute approximate surface area is 166 Å². The number of hydrogen-bond donors (Lipinski definition) is 2. The Bertz CT molecular complexity index is 817. The minimum Gasteiger partial charge on any atom is -0.325 e. The van der Waals surface area contributed by atoms with Crippen LogP contribution in [-0.4, -0.2) is 46.1 Å². The highest BCUT2D eigenvalue weighted by Gasteiger charge is 2.26. The second kappa shape index (κ2) is 9.01. The van der Waals surface area contributed by atoms with Crippen molar-refractivity contribution in [2.45, 2.75) is 40.2 Å². The largest absolute Gasteiger partial charge is 0.325 e. The molecule has 0 aliphatic carbocycles. The van der Waals surface area contributed by atoms with Crippen molar-refractivity contribution in [1.82, 2.24) is 14.7 Å². The lowest BCUT2D eigenvalue weighted by Crippen LogP contribution is -2.41. The van der Waals surface area contributed by atoms with Crippen LogP contribution in [0.1, 0.15) is 30.9 Å². The standard InChI is InChI=1S/C21H29N5O2/c1-4-26-13-19(12-22-26)24-21(28)17-5-7-25(8-6-17)14-20(27)23-18-10-15(2)9-16(3)11-18/h9-13,17H,4-8,14H2,1-3H3,(H,23,27)(H,24,28). The molecule has 2 aromatic rings. The van der Waals surface area contributed by atoms with E-state index < -0.39 is 0 Å². The zero-order chi connectivity index (χ0) is 20.1. The minimum atomic E-state index is -0.0243. The average molecular weight is 383 g/mol. The lowest BCUT2D eigenvalue weighted by molar-refractivity contribution is -0.121. The monoisotopic (exact) mass is 383 g/mol. The molecule has 1 saturated heterocycles. The molecular weight excluding hydrogens is 354 g/mol. The molecule has 0 bridgehead atoms. The Morgan fingerprint density at radius 3 is 2.36 bits per heavy atom. The molecule has 1 aromatic carbocycles. The molecule has 0 saturated carbocycles. The van der Waals surface area contributed by atoms with Gasteiger partial charge in [0.15, 0.2) is 0 Å². The van der Waals surface area contributed by atoms with Crippen LogP contribution in [0.25, 0.3) is 0 Å². The summed E-state index contributed by atoms with van der Waals surface area (Å²) in [5.41, 5.74) is 3.84. The molecule has 2 amide bonds. The van der Waals surface area contributed by atoms with Gasteiger partial charge in [0.25, 0.3) is 0 Å². The number of carbonyl (C=O) groups is 2. The number of likely N-dealkylation sites (tertiary alicyclic amines) is 1. The maximum Gasteiger partial charge on any atom is 0.238 e. The van der Waals surface area contributed by atoms with Crippen molar-refractivity contribution < 1.29 is 9.59 Å². The number of aryl methyl sites for hydroxylation is 3. The van der Waals surface area contributed by atoms with E-state index in [1.165, 1.54) is 0 Å². The molecule has 1 aliphatic heterocycles. The van der Waals surface area contributed by atoms with Crippen molar-refractivity contribution in [3.8, 4) is 0 Å². The van der Waals surface area contributed by atoms with Crippen LogP contribution in [0.3, 0.4) is 0 Å². The zero-order valence-corrected chi connectivity index (χ0v) is 16.9. The first-order valence-electron chi connectivity index (χ1n) is 9.86. The van der Waals surface area contributed by atoms with Crippen molar-refractivity contribution in [1.29, 1.82) is 0 Å². The Balaban J connectivity index is 1.44. The summed E-state index contributed by atoms with van der Waals surface area (Å²) in [6, 6.07) is 6.03. The topological polar surface area (TPSA) is 79.3 Å². The van der Waals surface area contributed by atoms with Crippen molar-refractivity contribution in [3.63, 3.8) is 0 Å². The second-order valence-corrected chi connectivity index (χ2v) is 7.55. The molecule has 2 heterocycles. The van der Waals surface area contributed by atoms with Gasteiger partial charge in [0.1, 0.15) is 0 Å². The number of aromatic nitrogens is 2. The molecule has 3 rings (SSSR count). The van der Waals surface area contributed by atoms with Crippen LogP contribution in [0.5, 0.6) is 0 Å². The van der Waals surface area contributed by atoms with Crippen LogP contribution in [0.4, 0.5) is 11.4 Å². The number of piperidine rings is 1. The fourth-order valence-electron chi connectivity index (χ4n) is 3.65. The van der Waals surface area contributed by atoms with E-state index >= 15 is 0 Å². The lowest BCUT2D eigenvalue weighted by Gasteiger charge is -2.30. The first-order chi connectivity index (χ1) is 13.4. The first-order valence-corrected chi connectivity index (χ1v) is 9.86. The van der Waals surface area contributed by atoms with Crippen molar-refractivity contribution in [2.75, 3.05) is 30.3 Å². The van der Waals surface area contributed by atoms with Gasteiger partial charge in [0.05, 0.1) is 18.4 Å². The summed E-state index contributed by atoms with van der Waals surface area (Å²) in [6.07, 6.45) is 5.02. The molecule has 1 aromatic heterocycles. The normalized spacial score (nSPS) is 15.4. The van der Waals surface area contributed by atoms with Gasteiger partial charge in [-0.3, -0.25) is 19.2 Å². The quantitative estimate of drug-likeness (QED) is 0.804. The summed E-state index contributed by atoms with van der Waals surface area (Å²) in [7, 11) is 0. The SMILES string of the molecule is CCn1cc(NC(=O)C2CCN(CC(=O)Nc3cc(C)cc(C)c3)CC2)cn1. The number of nitrogens with one attached hydrogen (secondary N) is 2. The summed E-state index contributed by atoms with van der Waals surface area (Å²) in [4.78, 5) is 26.9. The third kappa shape index (κ3) is 5.42. The molecular formula is C21H29N5O2. The number of carbonyl (C=O) groups excluding carboxylic acids is 2. The Morgan fingerprint density at radius 1 is 1.07 bits per heavy atom. The van der Waals surface area contributed by atoms with E-state index in [4.69, 9.17) is 0 Å². The Morgan fingerprint density at radius 2 is 1.75 bits per heavy atom. The Kier molecular flexibility index (Phi) is 6.46. The van der Waals surface area contributed by atoms with Crippen LogP contribution in [0, 0.1) is 19.8 Å². The smallest absolute Gasteiger partial charge is 0.238 e. The third-order valence-corrected chi connectivity index (χ3v) is 5.06. The second-order valence-electron chi connectivity index (χ2n) is 7.55. The fraction of sp³-hybridized carbons (Fsp3) is 0.476. The van der Waals surface area contributed by atoms with Gasteiger partial charge in [-0.25, -0.2) is 0 Å². The van der Waals surface area contributed by atoms with Crippen molar-refractivity contribution in [2.24, 2.45) is 5.92 Å². The predicted molar refractivity (Wildman–Crippen MR) is 110 cm³/mol. The number of nitrogens with zero attached hydrogens (tertiary/aromatic N) is 3. The molecule has 1 aliphatic rings. The summed E-state index contributed by atoms with van der Waals surface area (Å²) in [6.45, 7) is 8.66.